The van der Waals surface area contributed by atoms with Crippen LogP contribution < -0.4 is 4.72 Å². The molecule has 1 N–H and O–H groups in total. The highest BCUT2D eigenvalue weighted by molar-refractivity contribution is 7.84. The third-order valence-electron chi connectivity index (χ3n) is 3.45. The van der Waals surface area contributed by atoms with Crippen molar-refractivity contribution in [2.45, 2.75) is 70.1 Å². The molecular weight excluding hydrogens is 230 g/mol. The first kappa shape index (κ1) is 14.9. The molecule has 0 radical (unpaired) electrons. The van der Waals surface area contributed by atoms with Crippen molar-refractivity contribution in [3.8, 4) is 0 Å². The molecular formula is C14H27NOS. The molecule has 17 heavy (non-hydrogen) atoms. The van der Waals surface area contributed by atoms with Crippen molar-refractivity contribution in [1.82, 2.24) is 4.72 Å². The molecule has 0 aromatic heterocycles. The minimum absolute atomic E-state index is 0.186. The Hall–Kier alpha value is -0.150. The van der Waals surface area contributed by atoms with Crippen LogP contribution in [0, 0.1) is 5.92 Å². The standard InChI is InChI=1S/C14H27NOS/c1-5-9-13(12-10-7-6-8-11-12)15-17(16)14(2,3)4/h5,12-13,15H,1,6-11H2,2-4H3/t13-,17+/m0/s1. The highest BCUT2D eigenvalue weighted by Gasteiger charge is 2.27. The van der Waals surface area contributed by atoms with Crippen LogP contribution in [-0.2, 0) is 11.0 Å². The lowest BCUT2D eigenvalue weighted by Crippen LogP contribution is -2.43. The number of nitrogens with one attached hydrogen (secondary N) is 1. The van der Waals surface area contributed by atoms with Gasteiger partial charge in [0.25, 0.3) is 0 Å². The Balaban J connectivity index is 2.58. The molecule has 1 fully saturated rings. The lowest BCUT2D eigenvalue weighted by atomic mass is 9.83. The van der Waals surface area contributed by atoms with E-state index in [4.69, 9.17) is 0 Å². The van der Waals surface area contributed by atoms with Crippen molar-refractivity contribution >= 4 is 11.0 Å². The fourth-order valence-electron chi connectivity index (χ4n) is 2.37. The van der Waals surface area contributed by atoms with E-state index in [1.165, 1.54) is 32.1 Å². The van der Waals surface area contributed by atoms with Gasteiger partial charge in [-0.1, -0.05) is 25.3 Å². The molecule has 0 aromatic rings. The highest BCUT2D eigenvalue weighted by Crippen LogP contribution is 2.28. The van der Waals surface area contributed by atoms with Gasteiger partial charge in [-0.25, -0.2) is 8.93 Å². The third-order valence-corrected chi connectivity index (χ3v) is 5.08. The van der Waals surface area contributed by atoms with Gasteiger partial charge in [0.05, 0.1) is 15.7 Å². The van der Waals surface area contributed by atoms with E-state index in [0.717, 1.165) is 6.42 Å². The van der Waals surface area contributed by atoms with E-state index in [9.17, 15) is 4.21 Å². The molecule has 0 aromatic carbocycles. The summed E-state index contributed by atoms with van der Waals surface area (Å²) in [6, 6.07) is 0.341. The van der Waals surface area contributed by atoms with Crippen molar-refractivity contribution < 1.29 is 4.21 Å². The molecule has 0 heterocycles. The summed E-state index contributed by atoms with van der Waals surface area (Å²) in [7, 11) is -0.968. The van der Waals surface area contributed by atoms with Crippen LogP contribution in [0.2, 0.25) is 0 Å². The van der Waals surface area contributed by atoms with E-state index >= 15 is 0 Å². The summed E-state index contributed by atoms with van der Waals surface area (Å²) in [5.74, 6) is 0.674. The lowest BCUT2D eigenvalue weighted by molar-refractivity contribution is 0.292. The van der Waals surface area contributed by atoms with Gasteiger partial charge in [0.1, 0.15) is 0 Å². The largest absolute Gasteiger partial charge is 0.242 e. The zero-order valence-corrected chi connectivity index (χ0v) is 12.3. The van der Waals surface area contributed by atoms with Crippen molar-refractivity contribution in [1.29, 1.82) is 0 Å². The van der Waals surface area contributed by atoms with Crippen LogP contribution in [0.25, 0.3) is 0 Å². The topological polar surface area (TPSA) is 29.1 Å². The molecule has 1 saturated carbocycles. The van der Waals surface area contributed by atoms with E-state index in [2.05, 4.69) is 11.3 Å². The summed E-state index contributed by atoms with van der Waals surface area (Å²) < 4.78 is 15.3. The van der Waals surface area contributed by atoms with Gasteiger partial charge in [0.15, 0.2) is 0 Å². The van der Waals surface area contributed by atoms with E-state index < -0.39 is 11.0 Å². The molecule has 1 rings (SSSR count). The Morgan fingerprint density at radius 3 is 2.41 bits per heavy atom. The smallest absolute Gasteiger partial charge is 0.0972 e. The van der Waals surface area contributed by atoms with Crippen LogP contribution in [0.5, 0.6) is 0 Å². The van der Waals surface area contributed by atoms with Gasteiger partial charge in [-0.05, 0) is 46.0 Å². The first-order valence-electron chi connectivity index (χ1n) is 6.74. The second-order valence-corrected chi connectivity index (χ2v) is 8.03. The maximum Gasteiger partial charge on any atom is 0.0972 e. The summed E-state index contributed by atoms with van der Waals surface area (Å²) in [4.78, 5) is 0. The van der Waals surface area contributed by atoms with Crippen molar-refractivity contribution in [2.75, 3.05) is 0 Å². The van der Waals surface area contributed by atoms with Crippen LogP contribution >= 0.6 is 0 Å². The van der Waals surface area contributed by atoms with Crippen molar-refractivity contribution in [3.05, 3.63) is 12.7 Å². The van der Waals surface area contributed by atoms with E-state index in [1.54, 1.807) is 0 Å². The van der Waals surface area contributed by atoms with Crippen LogP contribution in [0.4, 0.5) is 0 Å². The number of rotatable bonds is 5. The zero-order chi connectivity index (χ0) is 12.9. The Morgan fingerprint density at radius 1 is 1.35 bits per heavy atom. The Labute approximate surface area is 109 Å². The monoisotopic (exact) mass is 257 g/mol. The first-order chi connectivity index (χ1) is 7.95. The van der Waals surface area contributed by atoms with Gasteiger partial charge in [0, 0.05) is 6.04 Å². The summed E-state index contributed by atoms with van der Waals surface area (Å²) in [6.07, 6.45) is 9.42. The molecule has 3 heteroatoms. The molecule has 0 bridgehead atoms. The zero-order valence-electron chi connectivity index (χ0n) is 11.5. The molecule has 100 valence electrons. The van der Waals surface area contributed by atoms with E-state index in [0.29, 0.717) is 12.0 Å². The second kappa shape index (κ2) is 6.69. The molecule has 2 nitrogen and oxygen atoms in total. The summed E-state index contributed by atoms with van der Waals surface area (Å²) >= 11 is 0. The SMILES string of the molecule is C=CC[C@H](N[S@](=O)C(C)(C)C)C1CCCCC1. The summed E-state index contributed by atoms with van der Waals surface area (Å²) in [5.41, 5.74) is 0. The maximum absolute atomic E-state index is 12.2. The fourth-order valence-corrected chi connectivity index (χ4v) is 3.28. The van der Waals surface area contributed by atoms with Gasteiger partial charge >= 0.3 is 0 Å². The Kier molecular flexibility index (Phi) is 5.87. The minimum Gasteiger partial charge on any atom is -0.242 e. The maximum atomic E-state index is 12.2. The van der Waals surface area contributed by atoms with Gasteiger partial charge < -0.3 is 0 Å². The van der Waals surface area contributed by atoms with Gasteiger partial charge in [-0.2, -0.15) is 0 Å². The number of hydrogen-bond donors (Lipinski definition) is 1. The molecule has 0 amide bonds. The van der Waals surface area contributed by atoms with Gasteiger partial charge in [-0.15, -0.1) is 6.58 Å². The molecule has 2 atom stereocenters. The quantitative estimate of drug-likeness (QED) is 0.750. The van der Waals surface area contributed by atoms with Crippen LogP contribution in [-0.4, -0.2) is 15.0 Å². The van der Waals surface area contributed by atoms with E-state index in [1.807, 2.05) is 26.8 Å². The average Bonchev–Trinajstić information content (AvgIpc) is 2.28. The molecule has 0 unspecified atom stereocenters. The minimum atomic E-state index is -0.968. The van der Waals surface area contributed by atoms with Gasteiger partial charge in [0.2, 0.25) is 0 Å². The first-order valence-corrected chi connectivity index (χ1v) is 7.89. The van der Waals surface area contributed by atoms with Crippen molar-refractivity contribution in [2.24, 2.45) is 5.92 Å². The lowest BCUT2D eigenvalue weighted by Gasteiger charge is -2.32. The van der Waals surface area contributed by atoms with Gasteiger partial charge in [-0.3, -0.25) is 0 Å². The summed E-state index contributed by atoms with van der Waals surface area (Å²) in [6.45, 7) is 9.87. The molecule has 0 aliphatic heterocycles. The molecule has 1 aliphatic carbocycles. The predicted molar refractivity (Wildman–Crippen MR) is 76.2 cm³/mol. The normalized spacial score (nSPS) is 22.1. The average molecular weight is 257 g/mol. The predicted octanol–water partition coefficient (Wildman–Crippen LogP) is 3.56. The fraction of sp³-hybridized carbons (Fsp3) is 0.857. The summed E-state index contributed by atoms with van der Waals surface area (Å²) in [5, 5.41) is 0. The van der Waals surface area contributed by atoms with Crippen LogP contribution in [0.15, 0.2) is 12.7 Å². The van der Waals surface area contributed by atoms with Crippen molar-refractivity contribution in [3.63, 3.8) is 0 Å². The molecule has 0 spiro atoms. The molecule has 0 saturated heterocycles. The Bertz CT molecular complexity index is 264. The second-order valence-electron chi connectivity index (χ2n) is 6.03. The highest BCUT2D eigenvalue weighted by atomic mass is 32.2. The van der Waals surface area contributed by atoms with Crippen LogP contribution in [0.1, 0.15) is 59.3 Å². The van der Waals surface area contributed by atoms with E-state index in [-0.39, 0.29) is 4.75 Å². The van der Waals surface area contributed by atoms with Crippen LogP contribution in [0.3, 0.4) is 0 Å². The third kappa shape index (κ3) is 4.92. The Morgan fingerprint density at radius 2 is 1.94 bits per heavy atom. The number of hydrogen-bond acceptors (Lipinski definition) is 1. The molecule has 1 aliphatic rings.